The van der Waals surface area contributed by atoms with Crippen LogP contribution in [0.15, 0.2) is 48.5 Å². The minimum atomic E-state index is 0.0702. The fourth-order valence-electron chi connectivity index (χ4n) is 2.22. The molecule has 0 saturated carbocycles. The molecule has 0 aliphatic rings. The molecule has 2 aromatic carbocycles. The third kappa shape index (κ3) is 4.10. The number of nitrogens with two attached hydrogens (primary N) is 1. The highest BCUT2D eigenvalue weighted by molar-refractivity contribution is 5.37. The van der Waals surface area contributed by atoms with Crippen molar-refractivity contribution < 1.29 is 4.74 Å². The van der Waals surface area contributed by atoms with E-state index in [-0.39, 0.29) is 6.04 Å². The molecule has 0 heterocycles. The molecule has 0 amide bonds. The van der Waals surface area contributed by atoms with Crippen molar-refractivity contribution in [2.75, 3.05) is 6.61 Å². The molecule has 2 aromatic rings. The Morgan fingerprint density at radius 2 is 1.85 bits per heavy atom. The van der Waals surface area contributed by atoms with Gasteiger partial charge in [-0.15, -0.1) is 0 Å². The molecule has 2 N–H and O–H groups in total. The summed E-state index contributed by atoms with van der Waals surface area (Å²) in [6.07, 6.45) is 2.08. The Bertz CT molecular complexity index is 534. The zero-order valence-corrected chi connectivity index (χ0v) is 12.3. The van der Waals surface area contributed by atoms with Crippen LogP contribution in [0.3, 0.4) is 0 Å². The number of benzene rings is 2. The van der Waals surface area contributed by atoms with Crippen LogP contribution in [0.1, 0.15) is 36.1 Å². The summed E-state index contributed by atoms with van der Waals surface area (Å²) in [7, 11) is 0. The van der Waals surface area contributed by atoms with Crippen LogP contribution in [0.2, 0.25) is 0 Å². The minimum Gasteiger partial charge on any atom is -0.493 e. The molecule has 0 radical (unpaired) electrons. The molecular formula is C18H23NO. The van der Waals surface area contributed by atoms with Gasteiger partial charge in [0.15, 0.2) is 0 Å². The summed E-state index contributed by atoms with van der Waals surface area (Å²) in [6, 6.07) is 16.8. The van der Waals surface area contributed by atoms with Gasteiger partial charge < -0.3 is 10.5 Å². The molecule has 2 rings (SSSR count). The maximum Gasteiger partial charge on any atom is 0.122 e. The van der Waals surface area contributed by atoms with E-state index in [1.165, 1.54) is 5.56 Å². The first-order valence-corrected chi connectivity index (χ1v) is 7.19. The number of aryl methyl sites for hydroxylation is 2. The Morgan fingerprint density at radius 3 is 2.50 bits per heavy atom. The lowest BCUT2D eigenvalue weighted by Gasteiger charge is -2.12. The smallest absolute Gasteiger partial charge is 0.122 e. The summed E-state index contributed by atoms with van der Waals surface area (Å²) < 4.78 is 5.85. The zero-order chi connectivity index (χ0) is 14.4. The van der Waals surface area contributed by atoms with E-state index in [9.17, 15) is 0 Å². The molecule has 0 spiro atoms. The van der Waals surface area contributed by atoms with Gasteiger partial charge >= 0.3 is 0 Å². The van der Waals surface area contributed by atoms with Crippen molar-refractivity contribution in [3.8, 4) is 5.75 Å². The Hall–Kier alpha value is -1.80. The minimum absolute atomic E-state index is 0.0702. The number of hydrogen-bond donors (Lipinski definition) is 1. The Labute approximate surface area is 121 Å². The molecule has 20 heavy (non-hydrogen) atoms. The fourth-order valence-corrected chi connectivity index (χ4v) is 2.22. The van der Waals surface area contributed by atoms with Gasteiger partial charge in [-0.2, -0.15) is 0 Å². The van der Waals surface area contributed by atoms with Gasteiger partial charge in [0.05, 0.1) is 6.61 Å². The predicted molar refractivity (Wildman–Crippen MR) is 84.0 cm³/mol. The van der Waals surface area contributed by atoms with Gasteiger partial charge in [-0.05, 0) is 49.4 Å². The van der Waals surface area contributed by atoms with Crippen molar-refractivity contribution in [1.82, 2.24) is 0 Å². The average molecular weight is 269 g/mol. The van der Waals surface area contributed by atoms with Gasteiger partial charge in [-0.1, -0.05) is 42.5 Å². The van der Waals surface area contributed by atoms with Crippen molar-refractivity contribution in [3.63, 3.8) is 0 Å². The first-order valence-electron chi connectivity index (χ1n) is 7.19. The van der Waals surface area contributed by atoms with Crippen molar-refractivity contribution in [2.24, 2.45) is 5.73 Å². The van der Waals surface area contributed by atoms with Crippen molar-refractivity contribution in [2.45, 2.75) is 32.7 Å². The van der Waals surface area contributed by atoms with E-state index in [0.717, 1.165) is 36.3 Å². The monoisotopic (exact) mass is 269 g/mol. The number of rotatable bonds is 6. The molecule has 2 heteroatoms. The van der Waals surface area contributed by atoms with E-state index in [4.69, 9.17) is 10.5 Å². The molecule has 0 aliphatic heterocycles. The van der Waals surface area contributed by atoms with Gasteiger partial charge in [0.2, 0.25) is 0 Å². The summed E-state index contributed by atoms with van der Waals surface area (Å²) >= 11 is 0. The molecule has 106 valence electrons. The molecule has 0 aliphatic carbocycles. The van der Waals surface area contributed by atoms with E-state index in [2.05, 4.69) is 37.3 Å². The summed E-state index contributed by atoms with van der Waals surface area (Å²) in [5.74, 6) is 0.961. The van der Waals surface area contributed by atoms with E-state index < -0.39 is 0 Å². The molecular weight excluding hydrogens is 246 g/mol. The fraction of sp³-hybridized carbons (Fsp3) is 0.333. The van der Waals surface area contributed by atoms with Crippen LogP contribution in [0.25, 0.3) is 0 Å². The molecule has 1 atom stereocenters. The normalized spacial score (nSPS) is 12.2. The molecule has 2 nitrogen and oxygen atoms in total. The van der Waals surface area contributed by atoms with Crippen LogP contribution in [0.4, 0.5) is 0 Å². The lowest BCUT2D eigenvalue weighted by Crippen LogP contribution is -2.06. The Kier molecular flexibility index (Phi) is 5.19. The SMILES string of the molecule is Cc1cc([C@@H](C)N)ccc1OCCCc1ccccc1. The number of ether oxygens (including phenoxy) is 1. The van der Waals surface area contributed by atoms with E-state index >= 15 is 0 Å². The predicted octanol–water partition coefficient (Wildman–Crippen LogP) is 4.03. The summed E-state index contributed by atoms with van der Waals surface area (Å²) in [6.45, 7) is 4.81. The largest absolute Gasteiger partial charge is 0.493 e. The average Bonchev–Trinajstić information content (AvgIpc) is 2.46. The van der Waals surface area contributed by atoms with Crippen LogP contribution < -0.4 is 10.5 Å². The van der Waals surface area contributed by atoms with Crippen molar-refractivity contribution in [1.29, 1.82) is 0 Å². The molecule has 0 aromatic heterocycles. The Balaban J connectivity index is 1.82. The third-order valence-corrected chi connectivity index (χ3v) is 3.43. The highest BCUT2D eigenvalue weighted by Gasteiger charge is 2.04. The summed E-state index contributed by atoms with van der Waals surface area (Å²) in [4.78, 5) is 0. The summed E-state index contributed by atoms with van der Waals surface area (Å²) in [5, 5.41) is 0. The quantitative estimate of drug-likeness (QED) is 0.804. The van der Waals surface area contributed by atoms with E-state index in [1.807, 2.05) is 25.1 Å². The Morgan fingerprint density at radius 1 is 1.10 bits per heavy atom. The maximum absolute atomic E-state index is 5.88. The van der Waals surface area contributed by atoms with Crippen LogP contribution in [-0.4, -0.2) is 6.61 Å². The maximum atomic E-state index is 5.88. The van der Waals surface area contributed by atoms with Crippen LogP contribution >= 0.6 is 0 Å². The first-order chi connectivity index (χ1) is 9.66. The van der Waals surface area contributed by atoms with Gasteiger partial charge in [0.1, 0.15) is 5.75 Å². The van der Waals surface area contributed by atoms with Crippen LogP contribution in [0.5, 0.6) is 5.75 Å². The van der Waals surface area contributed by atoms with Gasteiger partial charge in [0.25, 0.3) is 0 Å². The van der Waals surface area contributed by atoms with Gasteiger partial charge in [-0.25, -0.2) is 0 Å². The zero-order valence-electron chi connectivity index (χ0n) is 12.3. The second-order valence-electron chi connectivity index (χ2n) is 5.25. The topological polar surface area (TPSA) is 35.2 Å². The highest BCUT2D eigenvalue weighted by atomic mass is 16.5. The lowest BCUT2D eigenvalue weighted by molar-refractivity contribution is 0.309. The highest BCUT2D eigenvalue weighted by Crippen LogP contribution is 2.22. The second kappa shape index (κ2) is 7.11. The van der Waals surface area contributed by atoms with Gasteiger partial charge in [0, 0.05) is 6.04 Å². The first kappa shape index (κ1) is 14.6. The van der Waals surface area contributed by atoms with Gasteiger partial charge in [-0.3, -0.25) is 0 Å². The second-order valence-corrected chi connectivity index (χ2v) is 5.25. The third-order valence-electron chi connectivity index (χ3n) is 3.43. The van der Waals surface area contributed by atoms with E-state index in [0.29, 0.717) is 0 Å². The van der Waals surface area contributed by atoms with Crippen LogP contribution in [0, 0.1) is 6.92 Å². The number of hydrogen-bond acceptors (Lipinski definition) is 2. The van der Waals surface area contributed by atoms with Crippen molar-refractivity contribution >= 4 is 0 Å². The van der Waals surface area contributed by atoms with E-state index in [1.54, 1.807) is 0 Å². The van der Waals surface area contributed by atoms with Crippen LogP contribution in [-0.2, 0) is 6.42 Å². The lowest BCUT2D eigenvalue weighted by atomic mass is 10.1. The molecule has 0 bridgehead atoms. The molecule has 0 saturated heterocycles. The van der Waals surface area contributed by atoms with Crippen molar-refractivity contribution in [3.05, 3.63) is 65.2 Å². The standard InChI is InChI=1S/C18H23NO/c1-14-13-17(15(2)19)10-11-18(14)20-12-6-9-16-7-4-3-5-8-16/h3-5,7-8,10-11,13,15H,6,9,12,19H2,1-2H3/t15-/m1/s1. The summed E-state index contributed by atoms with van der Waals surface area (Å²) in [5.41, 5.74) is 9.54. The molecule has 0 fully saturated rings. The molecule has 0 unspecified atom stereocenters.